The van der Waals surface area contributed by atoms with Gasteiger partial charge in [-0.1, -0.05) is 340 Å². The molecule has 0 amide bonds. The number of nitrogens with zero attached hydrogens (tertiary/aromatic N) is 10. The number of benzene rings is 19. The lowest BCUT2D eigenvalue weighted by atomic mass is 9.88. The molecule has 10 heteroatoms. The Morgan fingerprint density at radius 1 is 0.153 bits per heavy atom. The largest absolute Gasteiger partial charge is 0.307 e. The van der Waals surface area contributed by atoms with Gasteiger partial charge < -0.3 is 18.3 Å². The van der Waals surface area contributed by atoms with Gasteiger partial charge in [-0.05, 0) is 140 Å². The van der Waals surface area contributed by atoms with Crippen LogP contribution in [0.25, 0.3) is 244 Å². The van der Waals surface area contributed by atoms with Crippen molar-refractivity contribution < 1.29 is 0 Å². The van der Waals surface area contributed by atoms with Crippen LogP contribution < -0.4 is 0 Å². The minimum absolute atomic E-state index is 0.527. The van der Waals surface area contributed by atoms with Crippen molar-refractivity contribution in [1.82, 2.24) is 48.2 Å². The fourth-order valence-electron chi connectivity index (χ4n) is 19.7. The van der Waals surface area contributed by atoms with Crippen molar-refractivity contribution in [3.8, 4) is 124 Å². The first-order valence-corrected chi connectivity index (χ1v) is 42.1. The minimum Gasteiger partial charge on any atom is -0.307 e. The predicted octanol–water partition coefficient (Wildman–Crippen LogP) is 28.9. The van der Waals surface area contributed by atoms with Crippen molar-refractivity contribution in [3.05, 3.63) is 425 Å². The molecule has 0 saturated carbocycles. The van der Waals surface area contributed by atoms with Gasteiger partial charge in [-0.2, -0.15) is 0 Å². The van der Waals surface area contributed by atoms with E-state index in [4.69, 9.17) is 29.9 Å². The van der Waals surface area contributed by atoms with Crippen LogP contribution >= 0.6 is 0 Å². The van der Waals surface area contributed by atoms with Crippen molar-refractivity contribution in [2.24, 2.45) is 0 Å². The van der Waals surface area contributed by atoms with Crippen LogP contribution in [0.15, 0.2) is 425 Å². The number of aromatic nitrogens is 10. The van der Waals surface area contributed by atoms with Crippen LogP contribution in [0.2, 0.25) is 0 Å². The Morgan fingerprint density at radius 2 is 0.460 bits per heavy atom. The van der Waals surface area contributed by atoms with E-state index in [2.05, 4.69) is 400 Å². The number of hydrogen-bond acceptors (Lipinski definition) is 6. The second kappa shape index (κ2) is 28.5. The molecule has 0 spiro atoms. The van der Waals surface area contributed by atoms with E-state index in [-0.39, 0.29) is 0 Å². The molecule has 0 fully saturated rings. The minimum atomic E-state index is 0.527. The molecule has 0 aliphatic rings. The molecule has 0 atom stereocenters. The molecule has 0 unspecified atom stereocenters. The van der Waals surface area contributed by atoms with Gasteiger partial charge >= 0.3 is 0 Å². The zero-order valence-electron chi connectivity index (χ0n) is 66.9. The Bertz CT molecular complexity index is 8470. The highest BCUT2D eigenvalue weighted by Gasteiger charge is 2.32. The van der Waals surface area contributed by atoms with E-state index in [0.717, 1.165) is 193 Å². The lowest BCUT2D eigenvalue weighted by Crippen LogP contribution is -2.08. The summed E-state index contributed by atoms with van der Waals surface area (Å²) in [7, 11) is 0. The number of para-hydroxylation sites is 7. The fourth-order valence-corrected chi connectivity index (χ4v) is 19.7. The molecule has 10 nitrogen and oxygen atoms in total. The van der Waals surface area contributed by atoms with E-state index in [1.54, 1.807) is 0 Å². The number of fused-ring (bicyclic) bond motifs is 16. The summed E-state index contributed by atoms with van der Waals surface area (Å²) >= 11 is 0. The molecule has 0 radical (unpaired) electrons. The molecule has 0 saturated heterocycles. The number of hydrogen-bond donors (Lipinski definition) is 0. The van der Waals surface area contributed by atoms with Gasteiger partial charge in [-0.3, -0.25) is 0 Å². The maximum Gasteiger partial charge on any atom is 0.164 e. The highest BCUT2D eigenvalue weighted by molar-refractivity contribution is 6.21. The first-order chi connectivity index (χ1) is 61.6. The van der Waals surface area contributed by atoms with Gasteiger partial charge in [0.25, 0.3) is 0 Å². The summed E-state index contributed by atoms with van der Waals surface area (Å²) in [5.41, 5.74) is 23.6. The van der Waals surface area contributed by atoms with Gasteiger partial charge in [0.05, 0.1) is 66.9 Å². The third kappa shape index (κ3) is 11.1. The third-order valence-electron chi connectivity index (χ3n) is 25.1. The summed E-state index contributed by atoms with van der Waals surface area (Å²) in [6.45, 7) is 0. The SMILES string of the molecule is c1ccc(-c2nc(-c3cccc(-c4cccc5c4c4ccccc4n5-c4ccc(-c5nc(-c6ccccc6)nc(-c6ccccc6)n5)c(-c5cccc6ccccc56)c4-n4c5ccccc5c5ccccc54)c3)nc(-c3ccc(-n4c5ccccc5c5ccccc54)c(-n4c5ccccc5c5ccccc54)c3-c3cc4ccccc4c4ccccc34)n2)cc1. The second-order valence-electron chi connectivity index (χ2n) is 31.9. The third-order valence-corrected chi connectivity index (χ3v) is 25.1. The van der Waals surface area contributed by atoms with Gasteiger partial charge in [0.2, 0.25) is 0 Å². The topological polar surface area (TPSA) is 97.1 Å². The highest BCUT2D eigenvalue weighted by atomic mass is 15.1. The first-order valence-electron chi connectivity index (χ1n) is 42.1. The molecule has 6 heterocycles. The summed E-state index contributed by atoms with van der Waals surface area (Å²) in [6.07, 6.45) is 0. The standard InChI is InChI=1S/C114H70N10/c1-4-34-72(35-5-1)109-115-110(73-36-6-2-7-37-73)118-113(117-109)91-65-68-103(107(105(91)89-56-31-41-71-33-10-12-44-78(71)89)123-96-59-25-18-50-85(96)86-51-19-26-60-97(86)123)122-100-63-29-22-54-90(100)104-80(55-32-64-101(104)122)75-42-30-43-77(69-75)112-116-111(74-38-8-3-9-39-74)119-114(120-112)92-66-67-102(121-94-57-23-16-48-83(94)84-49-17-24-58-95(84)121)108(124-98-61-27-20-52-87(98)88-53-21-28-62-99(88)124)106(92)93-70-76-40-11-13-45-79(76)81-46-14-15-47-82(81)93/h1-70H. The zero-order chi connectivity index (χ0) is 81.5. The van der Waals surface area contributed by atoms with Gasteiger partial charge in [-0.25, -0.2) is 29.9 Å². The quantitative estimate of drug-likeness (QED) is 0.107. The van der Waals surface area contributed by atoms with Crippen molar-refractivity contribution >= 4 is 120 Å². The molecule has 124 heavy (non-hydrogen) atoms. The molecular weight excluding hydrogens is 1510 g/mol. The van der Waals surface area contributed by atoms with E-state index < -0.39 is 0 Å². The molecular formula is C114H70N10. The highest BCUT2D eigenvalue weighted by Crippen LogP contribution is 2.52. The lowest BCUT2D eigenvalue weighted by Gasteiger charge is -2.24. The Morgan fingerprint density at radius 3 is 0.944 bits per heavy atom. The Balaban J connectivity index is 0.747. The normalized spacial score (nSPS) is 11.9. The van der Waals surface area contributed by atoms with Crippen LogP contribution in [0.5, 0.6) is 0 Å². The van der Waals surface area contributed by atoms with E-state index in [1.807, 2.05) is 42.5 Å². The van der Waals surface area contributed by atoms with Crippen molar-refractivity contribution in [2.75, 3.05) is 0 Å². The average Bonchev–Trinajstić information content (AvgIpc) is 1.51. The maximum absolute atomic E-state index is 5.90. The van der Waals surface area contributed by atoms with Crippen LogP contribution in [0, 0.1) is 0 Å². The average molecular weight is 1580 g/mol. The van der Waals surface area contributed by atoms with Gasteiger partial charge in [0.1, 0.15) is 0 Å². The van der Waals surface area contributed by atoms with Gasteiger partial charge in [0.15, 0.2) is 34.9 Å². The first kappa shape index (κ1) is 70.2. The van der Waals surface area contributed by atoms with Crippen molar-refractivity contribution in [1.29, 1.82) is 0 Å². The van der Waals surface area contributed by atoms with Gasteiger partial charge in [0, 0.05) is 87.6 Å². The monoisotopic (exact) mass is 1580 g/mol. The zero-order valence-corrected chi connectivity index (χ0v) is 66.9. The Kier molecular flexibility index (Phi) is 16.1. The smallest absolute Gasteiger partial charge is 0.164 e. The Labute approximate surface area is 712 Å². The van der Waals surface area contributed by atoms with Gasteiger partial charge in [-0.15, -0.1) is 0 Å². The van der Waals surface area contributed by atoms with E-state index in [1.165, 1.54) is 16.2 Å². The molecule has 576 valence electrons. The van der Waals surface area contributed by atoms with Crippen molar-refractivity contribution in [2.45, 2.75) is 0 Å². The summed E-state index contributed by atoms with van der Waals surface area (Å²) in [6, 6.07) is 153. The summed E-state index contributed by atoms with van der Waals surface area (Å²) in [5.74, 6) is 3.31. The maximum atomic E-state index is 5.90. The molecule has 25 rings (SSSR count). The van der Waals surface area contributed by atoms with Crippen LogP contribution in [0.1, 0.15) is 0 Å². The Hall–Kier alpha value is -16.8. The van der Waals surface area contributed by atoms with Crippen LogP contribution in [-0.2, 0) is 0 Å². The van der Waals surface area contributed by atoms with Crippen molar-refractivity contribution in [3.63, 3.8) is 0 Å². The molecule has 25 aromatic rings. The molecule has 0 aliphatic carbocycles. The summed E-state index contributed by atoms with van der Waals surface area (Å²) in [5, 5.41) is 15.8. The fraction of sp³-hybridized carbons (Fsp3) is 0. The predicted molar refractivity (Wildman–Crippen MR) is 512 cm³/mol. The summed E-state index contributed by atoms with van der Waals surface area (Å²) in [4.78, 5) is 33.6. The lowest BCUT2D eigenvalue weighted by molar-refractivity contribution is 1.07. The van der Waals surface area contributed by atoms with Crippen LogP contribution in [0.3, 0.4) is 0 Å². The van der Waals surface area contributed by atoms with E-state index >= 15 is 0 Å². The molecule has 19 aromatic carbocycles. The molecule has 6 aromatic heterocycles. The van der Waals surface area contributed by atoms with E-state index in [0.29, 0.717) is 34.9 Å². The number of rotatable bonds is 13. The van der Waals surface area contributed by atoms with Crippen LogP contribution in [-0.4, -0.2) is 48.2 Å². The van der Waals surface area contributed by atoms with Crippen LogP contribution in [0.4, 0.5) is 0 Å². The molecule has 0 aliphatic heterocycles. The second-order valence-corrected chi connectivity index (χ2v) is 31.9. The molecule has 0 bridgehead atoms. The summed E-state index contributed by atoms with van der Waals surface area (Å²) < 4.78 is 9.98. The van der Waals surface area contributed by atoms with E-state index in [9.17, 15) is 0 Å². The molecule has 0 N–H and O–H groups in total.